The lowest BCUT2D eigenvalue weighted by atomic mass is 9.96. The normalized spacial score (nSPS) is 12.9. The van der Waals surface area contributed by atoms with Gasteiger partial charge in [0, 0.05) is 48.7 Å². The highest BCUT2D eigenvalue weighted by Gasteiger charge is 2.22. The summed E-state index contributed by atoms with van der Waals surface area (Å²) in [5.74, 6) is -0.819. The minimum atomic E-state index is -0.439. The van der Waals surface area contributed by atoms with Crippen LogP contribution in [0.2, 0.25) is 0 Å². The van der Waals surface area contributed by atoms with Crippen LogP contribution < -0.4 is 16.2 Å². The van der Waals surface area contributed by atoms with Gasteiger partial charge in [0.25, 0.3) is 17.4 Å². The zero-order valence-electron chi connectivity index (χ0n) is 26.2. The van der Waals surface area contributed by atoms with Crippen molar-refractivity contribution in [2.75, 3.05) is 36.9 Å². The fourth-order valence-corrected chi connectivity index (χ4v) is 6.71. The Morgan fingerprint density at radius 1 is 0.957 bits per heavy atom. The molecule has 5 aromatic rings. The van der Waals surface area contributed by atoms with Gasteiger partial charge in [-0.1, -0.05) is 43.0 Å². The summed E-state index contributed by atoms with van der Waals surface area (Å²) in [4.78, 5) is 54.5. The largest absolute Gasteiger partial charge is 0.378 e. The number of rotatable bonds is 8. The van der Waals surface area contributed by atoms with Gasteiger partial charge in [0.15, 0.2) is 0 Å². The Kier molecular flexibility index (Phi) is 9.15. The summed E-state index contributed by atoms with van der Waals surface area (Å²) in [7, 11) is 1.71. The molecule has 1 saturated heterocycles. The summed E-state index contributed by atoms with van der Waals surface area (Å²) in [6.07, 6.45) is 3.20. The van der Waals surface area contributed by atoms with Crippen LogP contribution in [0.4, 0.5) is 11.4 Å². The van der Waals surface area contributed by atoms with E-state index in [1.165, 1.54) is 11.3 Å². The van der Waals surface area contributed by atoms with E-state index in [0.29, 0.717) is 53.7 Å². The summed E-state index contributed by atoms with van der Waals surface area (Å²) in [5, 5.41) is 6.86. The fourth-order valence-electron chi connectivity index (χ4n) is 5.75. The van der Waals surface area contributed by atoms with Gasteiger partial charge in [-0.2, -0.15) is 0 Å². The predicted molar refractivity (Wildman–Crippen MR) is 186 cm³/mol. The maximum Gasteiger partial charge on any atom is 0.265 e. The zero-order chi connectivity index (χ0) is 33.1. The third kappa shape index (κ3) is 6.79. The Balaban J connectivity index is 1.29. The number of hydrogen-bond donors (Lipinski definition) is 2. The molecule has 1 aliphatic rings. The van der Waals surface area contributed by atoms with Gasteiger partial charge in [-0.25, -0.2) is 0 Å². The fraction of sp³-hybridized carbons (Fsp3) is 0.189. The number of carbonyl (C=O) groups is 3. The third-order valence-electron chi connectivity index (χ3n) is 8.25. The highest BCUT2D eigenvalue weighted by Crippen LogP contribution is 2.31. The van der Waals surface area contributed by atoms with E-state index < -0.39 is 5.91 Å². The van der Waals surface area contributed by atoms with Crippen LogP contribution in [-0.2, 0) is 23.0 Å². The second-order valence-electron chi connectivity index (χ2n) is 11.4. The van der Waals surface area contributed by atoms with Gasteiger partial charge >= 0.3 is 0 Å². The Labute approximate surface area is 276 Å². The Morgan fingerprint density at radius 3 is 2.51 bits per heavy atom. The first-order valence-corrected chi connectivity index (χ1v) is 16.1. The minimum Gasteiger partial charge on any atom is -0.378 e. The van der Waals surface area contributed by atoms with Crippen LogP contribution in [0, 0.1) is 6.92 Å². The first-order valence-electron chi connectivity index (χ1n) is 15.2. The van der Waals surface area contributed by atoms with E-state index in [1.807, 2.05) is 61.5 Å². The number of fused-ring (bicyclic) bond motifs is 1. The number of benzene rings is 3. The monoisotopic (exact) mass is 646 g/mol. The molecule has 0 atom stereocenters. The SMILES string of the molecule is C=CC(=O)Nc1cc(Cc2cc(-c3cccc(NC(=O)c4cc5ccccc5s4)c3C)cn(C)c2=O)ccc1C(=O)N1CCOCC1. The lowest BCUT2D eigenvalue weighted by Gasteiger charge is -2.27. The molecule has 0 unspecified atom stereocenters. The van der Waals surface area contributed by atoms with E-state index in [9.17, 15) is 19.2 Å². The second kappa shape index (κ2) is 13.6. The molecule has 1 aliphatic heterocycles. The zero-order valence-corrected chi connectivity index (χ0v) is 27.0. The topological polar surface area (TPSA) is 110 Å². The lowest BCUT2D eigenvalue weighted by molar-refractivity contribution is -0.111. The molecule has 47 heavy (non-hydrogen) atoms. The molecule has 2 aromatic heterocycles. The molecule has 1 fully saturated rings. The predicted octanol–water partition coefficient (Wildman–Crippen LogP) is 6.02. The molecule has 0 saturated carbocycles. The molecule has 0 bridgehead atoms. The molecular formula is C37H34N4O5S. The van der Waals surface area contributed by atoms with Crippen molar-refractivity contribution in [3.8, 4) is 11.1 Å². The van der Waals surface area contributed by atoms with Gasteiger partial charge < -0.3 is 24.8 Å². The molecular weight excluding hydrogens is 612 g/mol. The third-order valence-corrected chi connectivity index (χ3v) is 9.37. The molecule has 3 aromatic carbocycles. The molecule has 0 radical (unpaired) electrons. The lowest BCUT2D eigenvalue weighted by Crippen LogP contribution is -2.41. The number of morpholine rings is 1. The number of pyridine rings is 1. The number of thiophene rings is 1. The number of nitrogens with zero attached hydrogens (tertiary/aromatic N) is 2. The Bertz CT molecular complexity index is 2060. The van der Waals surface area contributed by atoms with Crippen LogP contribution >= 0.6 is 11.3 Å². The van der Waals surface area contributed by atoms with Crippen molar-refractivity contribution in [3.63, 3.8) is 0 Å². The molecule has 238 valence electrons. The van der Waals surface area contributed by atoms with Gasteiger partial charge in [-0.15, -0.1) is 11.3 Å². The number of hydrogen-bond acceptors (Lipinski definition) is 6. The van der Waals surface area contributed by atoms with Gasteiger partial charge in [0.05, 0.1) is 29.3 Å². The van der Waals surface area contributed by atoms with Crippen LogP contribution in [0.25, 0.3) is 21.2 Å². The summed E-state index contributed by atoms with van der Waals surface area (Å²) in [6.45, 7) is 7.32. The Hall–Kier alpha value is -5.32. The highest BCUT2D eigenvalue weighted by molar-refractivity contribution is 7.20. The Morgan fingerprint density at radius 2 is 1.74 bits per heavy atom. The van der Waals surface area contributed by atoms with E-state index in [0.717, 1.165) is 38.4 Å². The second-order valence-corrected chi connectivity index (χ2v) is 12.5. The number of ether oxygens (including phenoxy) is 1. The van der Waals surface area contributed by atoms with Gasteiger partial charge in [-0.05, 0) is 77.0 Å². The van der Waals surface area contributed by atoms with E-state index in [2.05, 4.69) is 17.2 Å². The number of nitrogens with one attached hydrogen (secondary N) is 2. The van der Waals surface area contributed by atoms with Crippen LogP contribution in [0.1, 0.15) is 36.7 Å². The van der Waals surface area contributed by atoms with Crippen LogP contribution in [0.15, 0.2) is 96.4 Å². The first kappa shape index (κ1) is 31.7. The van der Waals surface area contributed by atoms with Crippen molar-refractivity contribution >= 4 is 50.5 Å². The molecule has 10 heteroatoms. The molecule has 9 nitrogen and oxygen atoms in total. The summed E-state index contributed by atoms with van der Waals surface area (Å²) in [5.41, 5.74) is 5.09. The van der Waals surface area contributed by atoms with Crippen molar-refractivity contribution in [1.82, 2.24) is 9.47 Å². The van der Waals surface area contributed by atoms with Crippen LogP contribution in [-0.4, -0.2) is 53.5 Å². The molecule has 6 rings (SSSR count). The van der Waals surface area contributed by atoms with Crippen LogP contribution in [0.3, 0.4) is 0 Å². The minimum absolute atomic E-state index is 0.161. The molecule has 0 spiro atoms. The van der Waals surface area contributed by atoms with Crippen molar-refractivity contribution in [2.45, 2.75) is 13.3 Å². The highest BCUT2D eigenvalue weighted by atomic mass is 32.1. The van der Waals surface area contributed by atoms with Gasteiger partial charge in [0.1, 0.15) is 0 Å². The summed E-state index contributed by atoms with van der Waals surface area (Å²) in [6, 6.07) is 22.6. The van der Waals surface area contributed by atoms with Gasteiger partial charge in [0.2, 0.25) is 5.91 Å². The molecule has 3 amide bonds. The smallest absolute Gasteiger partial charge is 0.265 e. The van der Waals surface area contributed by atoms with E-state index >= 15 is 0 Å². The quantitative estimate of drug-likeness (QED) is 0.201. The maximum absolute atomic E-state index is 13.3. The van der Waals surface area contributed by atoms with Crippen molar-refractivity contribution < 1.29 is 19.1 Å². The summed E-state index contributed by atoms with van der Waals surface area (Å²) < 4.78 is 7.97. The van der Waals surface area contributed by atoms with Crippen LogP contribution in [0.5, 0.6) is 0 Å². The van der Waals surface area contributed by atoms with Crippen molar-refractivity contribution in [2.24, 2.45) is 7.05 Å². The number of anilines is 2. The molecule has 0 aliphatic carbocycles. The standard InChI is InChI=1S/C37H34N4O5S/c1-4-34(42)38-31-19-24(12-13-29(31)37(45)41-14-16-46-17-15-41)18-26-20-27(22-40(3)36(26)44)28-9-7-10-30(23(28)2)39-35(43)33-21-25-8-5-6-11-32(25)47-33/h4-13,19-22H,1,14-18H2,2-3H3,(H,38,42)(H,39,43). The number of carbonyl (C=O) groups excluding carboxylic acids is 3. The number of aromatic nitrogens is 1. The van der Waals surface area contributed by atoms with Gasteiger partial charge in [-0.3, -0.25) is 19.2 Å². The van der Waals surface area contributed by atoms with E-state index in [-0.39, 0.29) is 23.8 Å². The average Bonchev–Trinajstić information content (AvgIpc) is 3.53. The molecule has 3 heterocycles. The van der Waals surface area contributed by atoms with E-state index in [4.69, 9.17) is 4.74 Å². The maximum atomic E-state index is 13.3. The number of aryl methyl sites for hydroxylation is 1. The van der Waals surface area contributed by atoms with Crippen molar-refractivity contribution in [1.29, 1.82) is 0 Å². The average molecular weight is 647 g/mol. The van der Waals surface area contributed by atoms with E-state index in [1.54, 1.807) is 40.9 Å². The summed E-state index contributed by atoms with van der Waals surface area (Å²) >= 11 is 1.45. The van der Waals surface area contributed by atoms with Crippen molar-refractivity contribution in [3.05, 3.63) is 129 Å². The number of amides is 3. The molecule has 2 N–H and O–H groups in total. The first-order chi connectivity index (χ1) is 22.7.